The molecule has 1 atom stereocenters. The Hall–Kier alpha value is -1.71. The van der Waals surface area contributed by atoms with E-state index in [-0.39, 0.29) is 11.9 Å². The second-order valence-corrected chi connectivity index (χ2v) is 5.34. The zero-order valence-electron chi connectivity index (χ0n) is 12.7. The molecule has 1 N–H and O–H groups in total. The van der Waals surface area contributed by atoms with E-state index < -0.39 is 0 Å². The van der Waals surface area contributed by atoms with Gasteiger partial charge in [-0.25, -0.2) is 4.39 Å². The van der Waals surface area contributed by atoms with Crippen LogP contribution >= 0.6 is 0 Å². The van der Waals surface area contributed by atoms with Crippen molar-refractivity contribution in [1.82, 2.24) is 10.2 Å². The summed E-state index contributed by atoms with van der Waals surface area (Å²) in [5.41, 5.74) is 2.03. The van der Waals surface area contributed by atoms with Crippen molar-refractivity contribution in [3.63, 3.8) is 0 Å². The molecular weight excluding hydrogens is 263 g/mol. The first-order valence-electron chi connectivity index (χ1n) is 7.38. The van der Waals surface area contributed by atoms with Crippen molar-refractivity contribution in [1.29, 1.82) is 0 Å². The molecule has 0 spiro atoms. The highest BCUT2D eigenvalue weighted by Crippen LogP contribution is 2.20. The Bertz CT molecular complexity index is 542. The van der Waals surface area contributed by atoms with E-state index in [1.807, 2.05) is 44.3 Å². The van der Waals surface area contributed by atoms with E-state index in [2.05, 4.69) is 22.3 Å². The summed E-state index contributed by atoms with van der Waals surface area (Å²) in [6, 6.07) is 17.4. The first-order valence-corrected chi connectivity index (χ1v) is 7.38. The minimum absolute atomic E-state index is 0.0738. The van der Waals surface area contributed by atoms with Crippen LogP contribution in [0.2, 0.25) is 0 Å². The third kappa shape index (κ3) is 4.66. The van der Waals surface area contributed by atoms with Crippen LogP contribution in [0.4, 0.5) is 4.39 Å². The molecule has 0 aromatic heterocycles. The van der Waals surface area contributed by atoms with Crippen LogP contribution in [0.1, 0.15) is 24.1 Å². The molecular formula is C18H23FN2. The second-order valence-electron chi connectivity index (χ2n) is 5.34. The van der Waals surface area contributed by atoms with Gasteiger partial charge in [-0.3, -0.25) is 4.90 Å². The fraction of sp³-hybridized carbons (Fsp3) is 0.333. The average molecular weight is 286 g/mol. The molecule has 0 bridgehead atoms. The molecule has 2 aromatic carbocycles. The molecule has 0 fully saturated rings. The zero-order valence-corrected chi connectivity index (χ0v) is 12.7. The molecule has 0 aliphatic rings. The molecule has 0 saturated carbocycles. The Labute approximate surface area is 126 Å². The Morgan fingerprint density at radius 3 is 2.43 bits per heavy atom. The quantitative estimate of drug-likeness (QED) is 0.782. The summed E-state index contributed by atoms with van der Waals surface area (Å²) in [5, 5.41) is 3.42. The minimum Gasteiger partial charge on any atom is -0.311 e. The molecule has 0 radical (unpaired) electrons. The van der Waals surface area contributed by atoms with E-state index in [0.717, 1.165) is 25.2 Å². The van der Waals surface area contributed by atoms with E-state index in [9.17, 15) is 4.39 Å². The van der Waals surface area contributed by atoms with Gasteiger partial charge in [0.2, 0.25) is 0 Å². The monoisotopic (exact) mass is 286 g/mol. The number of hydrogen-bond donors (Lipinski definition) is 1. The third-order valence-corrected chi connectivity index (χ3v) is 3.83. The molecule has 2 aromatic rings. The number of hydrogen-bond acceptors (Lipinski definition) is 2. The lowest BCUT2D eigenvalue weighted by atomic mass is 10.1. The van der Waals surface area contributed by atoms with Gasteiger partial charge < -0.3 is 5.32 Å². The van der Waals surface area contributed by atoms with Crippen LogP contribution in [0.3, 0.4) is 0 Å². The predicted octanol–water partition coefficient (Wildman–Crippen LogP) is 3.61. The van der Waals surface area contributed by atoms with Crippen molar-refractivity contribution in [3.8, 4) is 0 Å². The largest absolute Gasteiger partial charge is 0.311 e. The van der Waals surface area contributed by atoms with Crippen LogP contribution in [0.5, 0.6) is 0 Å². The molecule has 0 amide bonds. The average Bonchev–Trinajstić information content (AvgIpc) is 2.52. The van der Waals surface area contributed by atoms with Crippen LogP contribution < -0.4 is 5.32 Å². The van der Waals surface area contributed by atoms with Gasteiger partial charge in [-0.1, -0.05) is 48.5 Å². The van der Waals surface area contributed by atoms with Crippen molar-refractivity contribution >= 4 is 0 Å². The van der Waals surface area contributed by atoms with Crippen molar-refractivity contribution in [2.75, 3.05) is 20.1 Å². The number of halogens is 1. The number of nitrogens with one attached hydrogen (secondary N) is 1. The molecule has 21 heavy (non-hydrogen) atoms. The summed E-state index contributed by atoms with van der Waals surface area (Å²) < 4.78 is 13.8. The van der Waals surface area contributed by atoms with Crippen LogP contribution in [-0.2, 0) is 6.54 Å². The Morgan fingerprint density at radius 1 is 1.05 bits per heavy atom. The SMILES string of the molecule is CC(c1ccccc1F)N(C)CCNCc1ccccc1. The van der Waals surface area contributed by atoms with Gasteiger partial charge in [0.05, 0.1) is 0 Å². The first kappa shape index (κ1) is 15.7. The molecule has 2 rings (SSSR count). The van der Waals surface area contributed by atoms with E-state index in [4.69, 9.17) is 0 Å². The van der Waals surface area contributed by atoms with Crippen LogP contribution in [-0.4, -0.2) is 25.0 Å². The van der Waals surface area contributed by atoms with E-state index in [0.29, 0.717) is 0 Å². The fourth-order valence-electron chi connectivity index (χ4n) is 2.33. The van der Waals surface area contributed by atoms with Crippen molar-refractivity contribution in [3.05, 3.63) is 71.5 Å². The number of rotatable bonds is 7. The number of benzene rings is 2. The topological polar surface area (TPSA) is 15.3 Å². The maximum Gasteiger partial charge on any atom is 0.127 e. The Balaban J connectivity index is 1.77. The van der Waals surface area contributed by atoms with Gasteiger partial charge in [-0.05, 0) is 25.6 Å². The Kier molecular flexibility index (Phi) is 5.90. The lowest BCUT2D eigenvalue weighted by Gasteiger charge is -2.25. The molecule has 2 nitrogen and oxygen atoms in total. The Morgan fingerprint density at radius 2 is 1.71 bits per heavy atom. The third-order valence-electron chi connectivity index (χ3n) is 3.83. The van der Waals surface area contributed by atoms with Crippen molar-refractivity contribution < 1.29 is 4.39 Å². The van der Waals surface area contributed by atoms with E-state index in [1.165, 1.54) is 11.6 Å². The molecule has 0 saturated heterocycles. The lowest BCUT2D eigenvalue weighted by molar-refractivity contribution is 0.256. The van der Waals surface area contributed by atoms with Crippen LogP contribution in [0.25, 0.3) is 0 Å². The smallest absolute Gasteiger partial charge is 0.127 e. The van der Waals surface area contributed by atoms with Gasteiger partial charge in [0.1, 0.15) is 5.82 Å². The predicted molar refractivity (Wildman–Crippen MR) is 85.6 cm³/mol. The van der Waals surface area contributed by atoms with Gasteiger partial charge in [-0.15, -0.1) is 0 Å². The first-order chi connectivity index (χ1) is 10.2. The molecule has 0 heterocycles. The summed E-state index contributed by atoms with van der Waals surface area (Å²) in [6.07, 6.45) is 0. The molecule has 0 aliphatic heterocycles. The number of likely N-dealkylation sites (N-methyl/N-ethyl adjacent to an activating group) is 1. The maximum absolute atomic E-state index is 13.8. The van der Waals surface area contributed by atoms with Gasteiger partial charge in [0.15, 0.2) is 0 Å². The molecule has 0 aliphatic carbocycles. The molecule has 112 valence electrons. The summed E-state index contributed by atoms with van der Waals surface area (Å²) in [6.45, 7) is 4.66. The highest BCUT2D eigenvalue weighted by Gasteiger charge is 2.14. The van der Waals surface area contributed by atoms with Crippen molar-refractivity contribution in [2.24, 2.45) is 0 Å². The summed E-state index contributed by atoms with van der Waals surface area (Å²) in [4.78, 5) is 2.16. The molecule has 1 unspecified atom stereocenters. The number of nitrogens with zero attached hydrogens (tertiary/aromatic N) is 1. The van der Waals surface area contributed by atoms with Crippen molar-refractivity contribution in [2.45, 2.75) is 19.5 Å². The summed E-state index contributed by atoms with van der Waals surface area (Å²) in [7, 11) is 2.03. The summed E-state index contributed by atoms with van der Waals surface area (Å²) in [5.74, 6) is -0.130. The van der Waals surface area contributed by atoms with Gasteiger partial charge >= 0.3 is 0 Å². The zero-order chi connectivity index (χ0) is 15.1. The normalized spacial score (nSPS) is 12.6. The van der Waals surface area contributed by atoms with Crippen LogP contribution in [0.15, 0.2) is 54.6 Å². The standard InChI is InChI=1S/C18H23FN2/c1-15(17-10-6-7-11-18(17)19)21(2)13-12-20-14-16-8-4-3-5-9-16/h3-11,15,20H,12-14H2,1-2H3. The van der Waals surface area contributed by atoms with Crippen LogP contribution in [0, 0.1) is 5.82 Å². The van der Waals surface area contributed by atoms with Gasteiger partial charge in [0, 0.05) is 31.2 Å². The fourth-order valence-corrected chi connectivity index (χ4v) is 2.33. The highest BCUT2D eigenvalue weighted by atomic mass is 19.1. The molecule has 3 heteroatoms. The highest BCUT2D eigenvalue weighted by molar-refractivity contribution is 5.20. The summed E-state index contributed by atoms with van der Waals surface area (Å²) >= 11 is 0. The van der Waals surface area contributed by atoms with E-state index >= 15 is 0 Å². The van der Waals surface area contributed by atoms with Gasteiger partial charge in [0.25, 0.3) is 0 Å². The van der Waals surface area contributed by atoms with Gasteiger partial charge in [-0.2, -0.15) is 0 Å². The maximum atomic E-state index is 13.8. The second kappa shape index (κ2) is 7.91. The lowest BCUT2D eigenvalue weighted by Crippen LogP contribution is -2.31. The van der Waals surface area contributed by atoms with E-state index in [1.54, 1.807) is 6.07 Å². The minimum atomic E-state index is -0.130.